The highest BCUT2D eigenvalue weighted by Gasteiger charge is 2.12. The van der Waals surface area contributed by atoms with E-state index >= 15 is 0 Å². The van der Waals surface area contributed by atoms with E-state index in [-0.39, 0.29) is 22.7 Å². The minimum absolute atomic E-state index is 0.0933. The molecular formula is C8H9NO3. The largest absolute Gasteiger partial charge is 0.507 e. The first-order chi connectivity index (χ1) is 5.52. The molecule has 0 saturated carbocycles. The summed E-state index contributed by atoms with van der Waals surface area (Å²) in [5.41, 5.74) is 5.42. The van der Waals surface area contributed by atoms with Gasteiger partial charge in [0.05, 0.1) is 0 Å². The second kappa shape index (κ2) is 2.73. The van der Waals surface area contributed by atoms with E-state index in [1.807, 2.05) is 0 Å². The maximum Gasteiger partial charge on any atom is 0.167 e. The molecule has 1 aromatic rings. The van der Waals surface area contributed by atoms with E-state index in [9.17, 15) is 15.0 Å². The Kier molecular flexibility index (Phi) is 1.91. The van der Waals surface area contributed by atoms with Gasteiger partial charge in [0, 0.05) is 17.8 Å². The third kappa shape index (κ3) is 1.32. The lowest BCUT2D eigenvalue weighted by molar-refractivity contribution is 0.101. The molecule has 0 bridgehead atoms. The van der Waals surface area contributed by atoms with Crippen LogP contribution in [-0.2, 0) is 0 Å². The Hall–Kier alpha value is -1.71. The molecule has 0 heterocycles. The maximum absolute atomic E-state index is 10.8. The molecule has 0 aliphatic heterocycles. The van der Waals surface area contributed by atoms with Crippen molar-refractivity contribution in [3.05, 3.63) is 17.7 Å². The van der Waals surface area contributed by atoms with Gasteiger partial charge in [-0.25, -0.2) is 0 Å². The second-order valence-corrected chi connectivity index (χ2v) is 2.49. The number of aromatic hydroxyl groups is 2. The number of phenolic OH excluding ortho intramolecular Hbond substituents is 2. The molecule has 0 aliphatic carbocycles. The number of rotatable bonds is 1. The van der Waals surface area contributed by atoms with Crippen LogP contribution in [0, 0.1) is 0 Å². The van der Waals surface area contributed by atoms with Crippen LogP contribution in [0.15, 0.2) is 12.1 Å². The molecule has 1 rings (SSSR count). The minimum atomic E-state index is -0.398. The van der Waals surface area contributed by atoms with Crippen molar-refractivity contribution < 1.29 is 15.0 Å². The number of anilines is 1. The summed E-state index contributed by atoms with van der Waals surface area (Å²) in [6, 6.07) is 2.44. The number of ketones is 1. The molecule has 0 fully saturated rings. The third-order valence-corrected chi connectivity index (χ3v) is 1.47. The van der Waals surface area contributed by atoms with E-state index in [1.165, 1.54) is 19.1 Å². The molecular weight excluding hydrogens is 158 g/mol. The Morgan fingerprint density at radius 3 is 2.08 bits per heavy atom. The van der Waals surface area contributed by atoms with Crippen LogP contribution in [-0.4, -0.2) is 16.0 Å². The predicted octanol–water partition coefficient (Wildman–Crippen LogP) is 0.883. The summed E-state index contributed by atoms with van der Waals surface area (Å²) in [5.74, 6) is -0.981. The highest BCUT2D eigenvalue weighted by Crippen LogP contribution is 2.29. The first-order valence-electron chi connectivity index (χ1n) is 3.34. The smallest absolute Gasteiger partial charge is 0.167 e. The van der Waals surface area contributed by atoms with Gasteiger partial charge in [0.25, 0.3) is 0 Å². The van der Waals surface area contributed by atoms with Gasteiger partial charge in [-0.15, -0.1) is 0 Å². The molecule has 0 amide bonds. The van der Waals surface area contributed by atoms with Crippen molar-refractivity contribution in [3.8, 4) is 11.5 Å². The van der Waals surface area contributed by atoms with Crippen molar-refractivity contribution in [2.24, 2.45) is 0 Å². The number of benzene rings is 1. The second-order valence-electron chi connectivity index (χ2n) is 2.49. The molecule has 0 saturated heterocycles. The van der Waals surface area contributed by atoms with Crippen LogP contribution in [0.1, 0.15) is 17.3 Å². The lowest BCUT2D eigenvalue weighted by Crippen LogP contribution is -1.95. The molecule has 4 heteroatoms. The van der Waals surface area contributed by atoms with Crippen molar-refractivity contribution in [2.45, 2.75) is 6.92 Å². The molecule has 0 aromatic heterocycles. The molecule has 4 nitrogen and oxygen atoms in total. The van der Waals surface area contributed by atoms with Crippen molar-refractivity contribution in [2.75, 3.05) is 5.73 Å². The highest BCUT2D eigenvalue weighted by molar-refractivity contribution is 5.99. The summed E-state index contributed by atoms with van der Waals surface area (Å²) >= 11 is 0. The average Bonchev–Trinajstić information content (AvgIpc) is 1.82. The summed E-state index contributed by atoms with van der Waals surface area (Å²) in [6.07, 6.45) is 0. The van der Waals surface area contributed by atoms with E-state index < -0.39 is 5.78 Å². The number of nitrogen functional groups attached to an aromatic ring is 1. The number of carbonyl (C=O) groups is 1. The normalized spacial score (nSPS) is 9.75. The van der Waals surface area contributed by atoms with E-state index in [0.29, 0.717) is 0 Å². The molecule has 0 aliphatic rings. The Labute approximate surface area is 69.3 Å². The number of Topliss-reactive ketones (excluding diaryl/α,β-unsaturated/α-hetero) is 1. The zero-order valence-electron chi connectivity index (χ0n) is 6.53. The lowest BCUT2D eigenvalue weighted by atomic mass is 10.1. The summed E-state index contributed by atoms with van der Waals surface area (Å²) in [4.78, 5) is 10.8. The van der Waals surface area contributed by atoms with Gasteiger partial charge in [0.2, 0.25) is 0 Å². The predicted molar refractivity (Wildman–Crippen MR) is 44.2 cm³/mol. The van der Waals surface area contributed by atoms with E-state index in [4.69, 9.17) is 5.73 Å². The fraction of sp³-hybridized carbons (Fsp3) is 0.125. The van der Waals surface area contributed by atoms with Crippen LogP contribution in [0.4, 0.5) is 5.69 Å². The van der Waals surface area contributed by atoms with Crippen molar-refractivity contribution in [1.82, 2.24) is 0 Å². The zero-order chi connectivity index (χ0) is 9.30. The number of phenols is 2. The minimum Gasteiger partial charge on any atom is -0.507 e. The van der Waals surface area contributed by atoms with Crippen molar-refractivity contribution in [1.29, 1.82) is 0 Å². The molecule has 0 radical (unpaired) electrons. The number of nitrogens with two attached hydrogens (primary N) is 1. The molecule has 12 heavy (non-hydrogen) atoms. The fourth-order valence-corrected chi connectivity index (χ4v) is 0.994. The molecule has 4 N–H and O–H groups in total. The van der Waals surface area contributed by atoms with Crippen LogP contribution in [0.25, 0.3) is 0 Å². The molecule has 64 valence electrons. The summed E-state index contributed by atoms with van der Waals surface area (Å²) < 4.78 is 0. The highest BCUT2D eigenvalue weighted by atomic mass is 16.3. The van der Waals surface area contributed by atoms with Crippen LogP contribution >= 0.6 is 0 Å². The quantitative estimate of drug-likeness (QED) is 0.428. The Morgan fingerprint density at radius 1 is 1.33 bits per heavy atom. The lowest BCUT2D eigenvalue weighted by Gasteiger charge is -2.04. The van der Waals surface area contributed by atoms with Gasteiger partial charge in [-0.1, -0.05) is 0 Å². The molecule has 0 spiro atoms. The summed E-state index contributed by atoms with van der Waals surface area (Å²) in [5, 5.41) is 18.4. The first kappa shape index (κ1) is 8.39. The monoisotopic (exact) mass is 167 g/mol. The molecule has 0 atom stereocenters. The van der Waals surface area contributed by atoms with Crippen molar-refractivity contribution >= 4 is 11.5 Å². The van der Waals surface area contributed by atoms with Crippen LogP contribution in [0.5, 0.6) is 11.5 Å². The Bertz CT molecular complexity index is 310. The number of carbonyl (C=O) groups excluding carboxylic acids is 1. The van der Waals surface area contributed by atoms with E-state index in [0.717, 1.165) is 0 Å². The van der Waals surface area contributed by atoms with Crippen LogP contribution < -0.4 is 5.73 Å². The number of hydrogen-bond donors (Lipinski definition) is 3. The fourth-order valence-electron chi connectivity index (χ4n) is 0.994. The summed E-state index contributed by atoms with van der Waals surface area (Å²) in [6.45, 7) is 1.25. The van der Waals surface area contributed by atoms with Gasteiger partial charge in [-0.2, -0.15) is 0 Å². The van der Waals surface area contributed by atoms with Crippen molar-refractivity contribution in [3.63, 3.8) is 0 Å². The molecule has 1 aromatic carbocycles. The van der Waals surface area contributed by atoms with Gasteiger partial charge >= 0.3 is 0 Å². The third-order valence-electron chi connectivity index (χ3n) is 1.47. The Morgan fingerprint density at radius 2 is 1.75 bits per heavy atom. The van der Waals surface area contributed by atoms with Crippen LogP contribution in [0.2, 0.25) is 0 Å². The first-order valence-corrected chi connectivity index (χ1v) is 3.34. The molecule has 0 unspecified atom stereocenters. The zero-order valence-corrected chi connectivity index (χ0v) is 6.53. The number of hydrogen-bond acceptors (Lipinski definition) is 4. The van der Waals surface area contributed by atoms with Gasteiger partial charge in [0.15, 0.2) is 5.78 Å². The van der Waals surface area contributed by atoms with Gasteiger partial charge in [-0.3, -0.25) is 4.79 Å². The average molecular weight is 167 g/mol. The SMILES string of the molecule is CC(=O)c1c(O)cc(N)cc1O. The van der Waals surface area contributed by atoms with Crippen LogP contribution in [0.3, 0.4) is 0 Å². The van der Waals surface area contributed by atoms with E-state index in [2.05, 4.69) is 0 Å². The standard InChI is InChI=1S/C8H9NO3/c1-4(10)8-6(11)2-5(9)3-7(8)12/h2-3,11-12H,9H2,1H3. The van der Waals surface area contributed by atoms with Gasteiger partial charge < -0.3 is 15.9 Å². The topological polar surface area (TPSA) is 83.5 Å². The maximum atomic E-state index is 10.8. The van der Waals surface area contributed by atoms with E-state index in [1.54, 1.807) is 0 Å². The summed E-state index contributed by atoms with van der Waals surface area (Å²) in [7, 11) is 0. The van der Waals surface area contributed by atoms with Gasteiger partial charge in [0.1, 0.15) is 17.1 Å². The Balaban J connectivity index is 3.38. The van der Waals surface area contributed by atoms with Gasteiger partial charge in [-0.05, 0) is 6.92 Å².